The van der Waals surface area contributed by atoms with Crippen molar-refractivity contribution >= 4 is 15.9 Å². The predicted octanol–water partition coefficient (Wildman–Crippen LogP) is 3.09. The first-order chi connectivity index (χ1) is 8.25. The molecule has 1 N–H and O–H groups in total. The summed E-state index contributed by atoms with van der Waals surface area (Å²) in [7, 11) is 0. The number of nitrogens with one attached hydrogen (secondary N) is 1. The Bertz CT molecular complexity index is 473. The summed E-state index contributed by atoms with van der Waals surface area (Å²) >= 11 is 3.41. The predicted molar refractivity (Wildman–Crippen MR) is 71.4 cm³/mol. The third-order valence-corrected chi connectivity index (χ3v) is 2.99. The fourth-order valence-electron chi connectivity index (χ4n) is 1.57. The van der Waals surface area contributed by atoms with Crippen molar-refractivity contribution in [2.24, 2.45) is 0 Å². The summed E-state index contributed by atoms with van der Waals surface area (Å²) in [5.41, 5.74) is 2.35. The molecule has 0 fully saturated rings. The largest absolute Gasteiger partial charge is 0.306 e. The summed E-state index contributed by atoms with van der Waals surface area (Å²) in [6, 6.07) is 6.37. The van der Waals surface area contributed by atoms with Gasteiger partial charge in [-0.3, -0.25) is 9.97 Å². The van der Waals surface area contributed by atoms with Gasteiger partial charge in [0.15, 0.2) is 0 Å². The smallest absolute Gasteiger partial charge is 0.0410 e. The Morgan fingerprint density at radius 1 is 1.29 bits per heavy atom. The molecule has 0 amide bonds. The van der Waals surface area contributed by atoms with Gasteiger partial charge in [0.05, 0.1) is 0 Å². The van der Waals surface area contributed by atoms with E-state index in [4.69, 9.17) is 0 Å². The van der Waals surface area contributed by atoms with Crippen LogP contribution < -0.4 is 5.32 Å². The molecule has 0 saturated heterocycles. The Morgan fingerprint density at radius 3 is 2.88 bits per heavy atom. The minimum Gasteiger partial charge on any atom is -0.306 e. The highest BCUT2D eigenvalue weighted by atomic mass is 79.9. The Labute approximate surface area is 109 Å². The molecule has 0 aliphatic rings. The van der Waals surface area contributed by atoms with E-state index in [0.29, 0.717) is 0 Å². The van der Waals surface area contributed by atoms with E-state index in [0.717, 1.165) is 16.6 Å². The lowest BCUT2D eigenvalue weighted by Gasteiger charge is -2.13. The van der Waals surface area contributed by atoms with Crippen LogP contribution in [-0.4, -0.2) is 9.97 Å². The molecular formula is C13H14BrN3. The molecule has 2 heterocycles. The lowest BCUT2D eigenvalue weighted by atomic mass is 10.1. The summed E-state index contributed by atoms with van der Waals surface area (Å²) in [6.07, 6.45) is 7.33. The van der Waals surface area contributed by atoms with Crippen LogP contribution in [0.15, 0.2) is 47.5 Å². The third-order valence-electron chi connectivity index (χ3n) is 2.56. The first-order valence-corrected chi connectivity index (χ1v) is 6.28. The van der Waals surface area contributed by atoms with E-state index in [9.17, 15) is 0 Å². The monoisotopic (exact) mass is 291 g/mol. The molecule has 0 unspecified atom stereocenters. The lowest BCUT2D eigenvalue weighted by molar-refractivity contribution is 0.572. The molecule has 3 nitrogen and oxygen atoms in total. The fraction of sp³-hybridized carbons (Fsp3) is 0.231. The van der Waals surface area contributed by atoms with Gasteiger partial charge in [0.1, 0.15) is 0 Å². The maximum absolute atomic E-state index is 4.14. The Balaban J connectivity index is 1.95. The van der Waals surface area contributed by atoms with Gasteiger partial charge < -0.3 is 5.32 Å². The van der Waals surface area contributed by atoms with Crippen LogP contribution in [0.3, 0.4) is 0 Å². The van der Waals surface area contributed by atoms with Crippen molar-refractivity contribution in [1.82, 2.24) is 15.3 Å². The van der Waals surface area contributed by atoms with Gasteiger partial charge in [-0.2, -0.15) is 0 Å². The molecule has 0 saturated carbocycles. The van der Waals surface area contributed by atoms with Gasteiger partial charge in [0, 0.05) is 41.8 Å². The van der Waals surface area contributed by atoms with Crippen LogP contribution >= 0.6 is 15.9 Å². The van der Waals surface area contributed by atoms with Crippen molar-refractivity contribution in [2.75, 3.05) is 0 Å². The van der Waals surface area contributed by atoms with Gasteiger partial charge in [0.25, 0.3) is 0 Å². The second-order valence-electron chi connectivity index (χ2n) is 3.90. The van der Waals surface area contributed by atoms with Gasteiger partial charge in [-0.25, -0.2) is 0 Å². The number of rotatable bonds is 4. The Hall–Kier alpha value is -1.26. The molecule has 0 aliphatic carbocycles. The molecule has 0 radical (unpaired) electrons. The normalized spacial score (nSPS) is 12.4. The minimum atomic E-state index is 0.280. The second-order valence-corrected chi connectivity index (χ2v) is 4.82. The topological polar surface area (TPSA) is 37.8 Å². The average molecular weight is 292 g/mol. The van der Waals surface area contributed by atoms with Gasteiger partial charge in [-0.15, -0.1) is 0 Å². The molecule has 1 atom stereocenters. The van der Waals surface area contributed by atoms with E-state index < -0.39 is 0 Å². The van der Waals surface area contributed by atoms with Crippen molar-refractivity contribution in [2.45, 2.75) is 19.5 Å². The van der Waals surface area contributed by atoms with E-state index in [1.165, 1.54) is 5.56 Å². The van der Waals surface area contributed by atoms with Gasteiger partial charge in [0.2, 0.25) is 0 Å². The van der Waals surface area contributed by atoms with Crippen LogP contribution in [-0.2, 0) is 6.54 Å². The van der Waals surface area contributed by atoms with Crippen molar-refractivity contribution in [1.29, 1.82) is 0 Å². The minimum absolute atomic E-state index is 0.280. The number of hydrogen-bond donors (Lipinski definition) is 1. The molecule has 0 aromatic carbocycles. The van der Waals surface area contributed by atoms with Crippen LogP contribution in [0, 0.1) is 0 Å². The number of pyridine rings is 2. The summed E-state index contributed by atoms with van der Waals surface area (Å²) in [6.45, 7) is 2.92. The zero-order valence-electron chi connectivity index (χ0n) is 9.60. The van der Waals surface area contributed by atoms with Crippen LogP contribution in [0.25, 0.3) is 0 Å². The van der Waals surface area contributed by atoms with Crippen molar-refractivity contribution in [3.8, 4) is 0 Å². The molecule has 2 rings (SSSR count). The summed E-state index contributed by atoms with van der Waals surface area (Å²) in [5.74, 6) is 0. The maximum atomic E-state index is 4.14. The average Bonchev–Trinajstić information content (AvgIpc) is 2.37. The van der Waals surface area contributed by atoms with E-state index in [1.54, 1.807) is 12.4 Å². The number of halogens is 1. The van der Waals surface area contributed by atoms with Gasteiger partial charge in [-0.05, 0) is 46.1 Å². The lowest BCUT2D eigenvalue weighted by Crippen LogP contribution is -2.18. The highest BCUT2D eigenvalue weighted by Crippen LogP contribution is 2.13. The van der Waals surface area contributed by atoms with E-state index in [2.05, 4.69) is 50.3 Å². The first kappa shape index (κ1) is 12.2. The van der Waals surface area contributed by atoms with Gasteiger partial charge in [-0.1, -0.05) is 6.07 Å². The van der Waals surface area contributed by atoms with E-state index in [1.807, 2.05) is 18.5 Å². The Morgan fingerprint density at radius 2 is 2.18 bits per heavy atom. The zero-order valence-corrected chi connectivity index (χ0v) is 11.2. The highest BCUT2D eigenvalue weighted by molar-refractivity contribution is 9.10. The SMILES string of the molecule is C[C@@H](NCc1cncc(Br)c1)c1cccnc1. The number of aromatic nitrogens is 2. The highest BCUT2D eigenvalue weighted by Gasteiger charge is 2.04. The maximum Gasteiger partial charge on any atom is 0.0410 e. The second kappa shape index (κ2) is 5.89. The van der Waals surface area contributed by atoms with Crippen LogP contribution in [0.1, 0.15) is 24.1 Å². The van der Waals surface area contributed by atoms with Crippen LogP contribution in [0.5, 0.6) is 0 Å². The molecule has 88 valence electrons. The summed E-state index contributed by atoms with van der Waals surface area (Å²) in [5, 5.41) is 3.44. The number of nitrogens with zero attached hydrogens (tertiary/aromatic N) is 2. The van der Waals surface area contributed by atoms with E-state index >= 15 is 0 Å². The van der Waals surface area contributed by atoms with Crippen molar-refractivity contribution in [3.05, 3.63) is 58.6 Å². The number of hydrogen-bond acceptors (Lipinski definition) is 3. The van der Waals surface area contributed by atoms with Crippen molar-refractivity contribution in [3.63, 3.8) is 0 Å². The zero-order chi connectivity index (χ0) is 12.1. The molecule has 2 aromatic heterocycles. The summed E-state index contributed by atoms with van der Waals surface area (Å²) in [4.78, 5) is 8.25. The van der Waals surface area contributed by atoms with Gasteiger partial charge >= 0.3 is 0 Å². The molecule has 2 aromatic rings. The van der Waals surface area contributed by atoms with E-state index in [-0.39, 0.29) is 6.04 Å². The molecule has 0 spiro atoms. The first-order valence-electron chi connectivity index (χ1n) is 5.48. The standard InChI is InChI=1S/C13H14BrN3/c1-10(12-3-2-4-15-8-12)17-7-11-5-13(14)9-16-6-11/h2-6,8-10,17H,7H2,1H3/t10-/m1/s1. The quantitative estimate of drug-likeness (QED) is 0.941. The molecule has 4 heteroatoms. The van der Waals surface area contributed by atoms with Crippen LogP contribution in [0.4, 0.5) is 0 Å². The Kier molecular flexibility index (Phi) is 4.23. The molecule has 0 aliphatic heterocycles. The molecular weight excluding hydrogens is 278 g/mol. The van der Waals surface area contributed by atoms with Crippen molar-refractivity contribution < 1.29 is 0 Å². The molecule has 0 bridgehead atoms. The summed E-state index contributed by atoms with van der Waals surface area (Å²) < 4.78 is 1.01. The fourth-order valence-corrected chi connectivity index (χ4v) is 1.99. The van der Waals surface area contributed by atoms with Crippen LogP contribution in [0.2, 0.25) is 0 Å². The molecule has 17 heavy (non-hydrogen) atoms. The third kappa shape index (κ3) is 3.61.